The molecule has 1 aromatic carbocycles. The van der Waals surface area contributed by atoms with E-state index in [9.17, 15) is 28.1 Å². The lowest BCUT2D eigenvalue weighted by molar-refractivity contribution is -0.385. The van der Waals surface area contributed by atoms with Crippen LogP contribution in [0, 0.1) is 17.0 Å². The molecule has 0 unspecified atom stereocenters. The monoisotopic (exact) mass is 325 g/mol. The van der Waals surface area contributed by atoms with Crippen LogP contribution >= 0.6 is 0 Å². The SMILES string of the molecule is Cc1ccc(C=Cc2cc(C(F)(F)F)[nH]c(=O)n2)cc1[N+](=O)[O-]. The van der Waals surface area contributed by atoms with Gasteiger partial charge in [0.1, 0.15) is 5.69 Å². The third-order valence-corrected chi connectivity index (χ3v) is 2.95. The second kappa shape index (κ2) is 6.03. The molecular formula is C14H10F3N3O3. The van der Waals surface area contributed by atoms with Crippen LogP contribution in [0.4, 0.5) is 18.9 Å². The first-order chi connectivity index (χ1) is 10.7. The molecule has 0 spiro atoms. The second-order valence-corrected chi connectivity index (χ2v) is 4.66. The molecule has 0 saturated carbocycles. The van der Waals surface area contributed by atoms with Crippen LogP contribution in [0.3, 0.4) is 0 Å². The number of rotatable bonds is 3. The largest absolute Gasteiger partial charge is 0.431 e. The molecule has 23 heavy (non-hydrogen) atoms. The fourth-order valence-corrected chi connectivity index (χ4v) is 1.82. The molecule has 0 aliphatic carbocycles. The lowest BCUT2D eigenvalue weighted by atomic mass is 10.1. The van der Waals surface area contributed by atoms with Gasteiger partial charge in [-0.1, -0.05) is 18.2 Å². The van der Waals surface area contributed by atoms with Gasteiger partial charge in [-0.15, -0.1) is 0 Å². The molecule has 0 aliphatic rings. The van der Waals surface area contributed by atoms with Crippen molar-refractivity contribution < 1.29 is 18.1 Å². The Balaban J connectivity index is 2.38. The molecule has 0 radical (unpaired) electrons. The molecule has 2 rings (SSSR count). The van der Waals surface area contributed by atoms with Crippen LogP contribution < -0.4 is 5.69 Å². The molecule has 2 aromatic rings. The van der Waals surface area contributed by atoms with Crippen LogP contribution in [0.1, 0.15) is 22.5 Å². The molecule has 120 valence electrons. The van der Waals surface area contributed by atoms with Crippen molar-refractivity contribution in [2.45, 2.75) is 13.1 Å². The van der Waals surface area contributed by atoms with E-state index in [-0.39, 0.29) is 11.4 Å². The summed E-state index contributed by atoms with van der Waals surface area (Å²) in [6.45, 7) is 1.57. The molecule has 1 heterocycles. The van der Waals surface area contributed by atoms with E-state index in [0.29, 0.717) is 17.2 Å². The summed E-state index contributed by atoms with van der Waals surface area (Å²) in [6.07, 6.45) is -2.18. The topological polar surface area (TPSA) is 88.9 Å². The lowest BCUT2D eigenvalue weighted by Crippen LogP contribution is -2.19. The van der Waals surface area contributed by atoms with Gasteiger partial charge in [0.2, 0.25) is 0 Å². The summed E-state index contributed by atoms with van der Waals surface area (Å²) >= 11 is 0. The Morgan fingerprint density at radius 3 is 2.57 bits per heavy atom. The summed E-state index contributed by atoms with van der Waals surface area (Å²) < 4.78 is 37.8. The fraction of sp³-hybridized carbons (Fsp3) is 0.143. The van der Waals surface area contributed by atoms with Crippen LogP contribution in [-0.2, 0) is 6.18 Å². The van der Waals surface area contributed by atoms with E-state index < -0.39 is 22.5 Å². The Labute approximate surface area is 127 Å². The predicted molar refractivity (Wildman–Crippen MR) is 76.6 cm³/mol. The van der Waals surface area contributed by atoms with E-state index in [1.165, 1.54) is 24.3 Å². The van der Waals surface area contributed by atoms with Gasteiger partial charge in [-0.2, -0.15) is 18.2 Å². The molecule has 0 saturated heterocycles. The molecular weight excluding hydrogens is 315 g/mol. The zero-order valence-electron chi connectivity index (χ0n) is 11.7. The fourth-order valence-electron chi connectivity index (χ4n) is 1.82. The number of alkyl halides is 3. The number of hydrogen-bond acceptors (Lipinski definition) is 4. The van der Waals surface area contributed by atoms with Crippen LogP contribution in [0.5, 0.6) is 0 Å². The van der Waals surface area contributed by atoms with Gasteiger partial charge in [-0.25, -0.2) is 4.79 Å². The minimum absolute atomic E-state index is 0.109. The third-order valence-electron chi connectivity index (χ3n) is 2.95. The highest BCUT2D eigenvalue weighted by Crippen LogP contribution is 2.27. The van der Waals surface area contributed by atoms with Crippen molar-refractivity contribution in [3.05, 3.63) is 67.4 Å². The molecule has 0 amide bonds. The van der Waals surface area contributed by atoms with Crippen molar-refractivity contribution in [1.82, 2.24) is 9.97 Å². The van der Waals surface area contributed by atoms with Crippen molar-refractivity contribution in [1.29, 1.82) is 0 Å². The first-order valence-corrected chi connectivity index (χ1v) is 6.28. The van der Waals surface area contributed by atoms with Gasteiger partial charge in [-0.3, -0.25) is 10.1 Å². The summed E-state index contributed by atoms with van der Waals surface area (Å²) in [5, 5.41) is 10.8. The number of halogens is 3. The standard InChI is InChI=1S/C14H10F3N3O3/c1-8-2-3-9(6-11(8)20(22)23)4-5-10-7-12(14(15,16)17)19-13(21)18-10/h2-7H,1H3,(H,18,19,21). The zero-order valence-corrected chi connectivity index (χ0v) is 11.7. The van der Waals surface area contributed by atoms with E-state index in [0.717, 1.165) is 0 Å². The Bertz CT molecular complexity index is 841. The smallest absolute Gasteiger partial charge is 0.302 e. The van der Waals surface area contributed by atoms with Crippen molar-refractivity contribution >= 4 is 17.8 Å². The van der Waals surface area contributed by atoms with Gasteiger partial charge >= 0.3 is 11.9 Å². The Kier molecular flexibility index (Phi) is 4.30. The van der Waals surface area contributed by atoms with Crippen LogP contribution in [0.15, 0.2) is 29.1 Å². The molecule has 0 atom stereocenters. The third kappa shape index (κ3) is 4.02. The Morgan fingerprint density at radius 2 is 1.96 bits per heavy atom. The van der Waals surface area contributed by atoms with Crippen molar-refractivity contribution in [2.24, 2.45) is 0 Å². The number of nitrogens with one attached hydrogen (secondary N) is 1. The highest BCUT2D eigenvalue weighted by atomic mass is 19.4. The maximum absolute atomic E-state index is 12.6. The zero-order chi connectivity index (χ0) is 17.2. The molecule has 6 nitrogen and oxygen atoms in total. The molecule has 0 fully saturated rings. The van der Waals surface area contributed by atoms with Gasteiger partial charge in [0.25, 0.3) is 5.69 Å². The van der Waals surface area contributed by atoms with Gasteiger partial charge in [-0.05, 0) is 24.6 Å². The quantitative estimate of drug-likeness (QED) is 0.693. The molecule has 1 aromatic heterocycles. The Morgan fingerprint density at radius 1 is 1.26 bits per heavy atom. The lowest BCUT2D eigenvalue weighted by Gasteiger charge is -2.05. The predicted octanol–water partition coefficient (Wildman–Crippen LogP) is 3.18. The minimum Gasteiger partial charge on any atom is -0.302 e. The number of aromatic nitrogens is 2. The van der Waals surface area contributed by atoms with Crippen molar-refractivity contribution in [3.8, 4) is 0 Å². The number of nitro benzene ring substituents is 1. The van der Waals surface area contributed by atoms with Gasteiger partial charge in [0, 0.05) is 11.6 Å². The normalized spacial score (nSPS) is 11.8. The van der Waals surface area contributed by atoms with Crippen LogP contribution in [-0.4, -0.2) is 14.9 Å². The minimum atomic E-state index is -4.70. The summed E-state index contributed by atoms with van der Waals surface area (Å²) in [4.78, 5) is 26.5. The number of hydrogen-bond donors (Lipinski definition) is 1. The van der Waals surface area contributed by atoms with E-state index in [1.54, 1.807) is 18.0 Å². The first-order valence-electron chi connectivity index (χ1n) is 6.28. The highest BCUT2D eigenvalue weighted by molar-refractivity contribution is 5.69. The molecule has 1 N–H and O–H groups in total. The summed E-state index contributed by atoms with van der Waals surface area (Å²) in [5.41, 5.74) is -1.80. The average molecular weight is 325 g/mol. The van der Waals surface area contributed by atoms with Gasteiger partial charge < -0.3 is 4.98 Å². The first kappa shape index (κ1) is 16.4. The summed E-state index contributed by atoms with van der Waals surface area (Å²) in [5.74, 6) is 0. The average Bonchev–Trinajstić information content (AvgIpc) is 2.44. The number of H-pyrrole nitrogens is 1. The number of nitrogens with zero attached hydrogens (tertiary/aromatic N) is 2. The van der Waals surface area contributed by atoms with E-state index in [2.05, 4.69) is 4.98 Å². The number of aromatic amines is 1. The van der Waals surface area contributed by atoms with Gasteiger partial charge in [0.05, 0.1) is 10.6 Å². The second-order valence-electron chi connectivity index (χ2n) is 4.66. The van der Waals surface area contributed by atoms with E-state index >= 15 is 0 Å². The summed E-state index contributed by atoms with van der Waals surface area (Å²) in [7, 11) is 0. The molecule has 0 bridgehead atoms. The molecule has 0 aliphatic heterocycles. The number of nitro groups is 1. The molecule has 9 heteroatoms. The summed E-state index contributed by atoms with van der Waals surface area (Å²) in [6, 6.07) is 5.05. The van der Waals surface area contributed by atoms with E-state index in [1.807, 2.05) is 0 Å². The van der Waals surface area contributed by atoms with Crippen molar-refractivity contribution in [2.75, 3.05) is 0 Å². The maximum Gasteiger partial charge on any atom is 0.431 e. The van der Waals surface area contributed by atoms with E-state index in [4.69, 9.17) is 0 Å². The van der Waals surface area contributed by atoms with Crippen LogP contribution in [0.25, 0.3) is 12.2 Å². The highest BCUT2D eigenvalue weighted by Gasteiger charge is 2.32. The number of aryl methyl sites for hydroxylation is 1. The van der Waals surface area contributed by atoms with Crippen LogP contribution in [0.2, 0.25) is 0 Å². The Hall–Kier alpha value is -2.97. The number of benzene rings is 1. The maximum atomic E-state index is 12.6. The van der Waals surface area contributed by atoms with Crippen molar-refractivity contribution in [3.63, 3.8) is 0 Å². The van der Waals surface area contributed by atoms with Gasteiger partial charge in [0.15, 0.2) is 0 Å².